The molecule has 0 bridgehead atoms. The number of hydrogen-bond donors (Lipinski definition) is 0. The second-order valence-electron chi connectivity index (χ2n) is 2.57. The predicted molar refractivity (Wildman–Crippen MR) is 65.1 cm³/mol. The lowest BCUT2D eigenvalue weighted by atomic mass is 10.2. The molecule has 0 atom stereocenters. The van der Waals surface area contributed by atoms with Crippen LogP contribution in [0.4, 0.5) is 0 Å². The van der Waals surface area contributed by atoms with Gasteiger partial charge in [0.1, 0.15) is 0 Å². The first kappa shape index (κ1) is 13.0. The lowest BCUT2D eigenvalue weighted by molar-refractivity contribution is -0.137. The Labute approximate surface area is 107 Å². The highest BCUT2D eigenvalue weighted by atomic mass is 35.5. The first-order valence-electron chi connectivity index (χ1n) is 4.10. The summed E-state index contributed by atoms with van der Waals surface area (Å²) in [4.78, 5) is 15.3. The SMILES string of the molecule is O=C(/C=C\Cl)O/N=C/c1c(Cl)cccc1Cl. The summed E-state index contributed by atoms with van der Waals surface area (Å²) in [6, 6.07) is 4.99. The number of oxime groups is 1. The van der Waals surface area contributed by atoms with E-state index in [2.05, 4.69) is 9.99 Å². The molecular weight excluding hydrogens is 272 g/mol. The Balaban J connectivity index is 2.73. The van der Waals surface area contributed by atoms with Gasteiger partial charge in [0.25, 0.3) is 0 Å². The Kier molecular flexibility index (Phi) is 5.32. The van der Waals surface area contributed by atoms with Gasteiger partial charge in [-0.25, -0.2) is 4.79 Å². The van der Waals surface area contributed by atoms with Gasteiger partial charge in [-0.05, 0) is 12.1 Å². The van der Waals surface area contributed by atoms with Crippen LogP contribution in [0.3, 0.4) is 0 Å². The van der Waals surface area contributed by atoms with Crippen molar-refractivity contribution < 1.29 is 9.63 Å². The zero-order chi connectivity index (χ0) is 12.0. The zero-order valence-electron chi connectivity index (χ0n) is 7.86. The van der Waals surface area contributed by atoms with Crippen LogP contribution in [0.25, 0.3) is 0 Å². The zero-order valence-corrected chi connectivity index (χ0v) is 10.1. The van der Waals surface area contributed by atoms with Crippen LogP contribution in [0.15, 0.2) is 35.0 Å². The van der Waals surface area contributed by atoms with Gasteiger partial charge in [-0.2, -0.15) is 0 Å². The van der Waals surface area contributed by atoms with Gasteiger partial charge in [-0.15, -0.1) is 0 Å². The fraction of sp³-hybridized carbons (Fsp3) is 0. The lowest BCUT2D eigenvalue weighted by Crippen LogP contribution is -1.94. The topological polar surface area (TPSA) is 38.7 Å². The summed E-state index contributed by atoms with van der Waals surface area (Å²) in [6.45, 7) is 0. The maximum absolute atomic E-state index is 10.8. The van der Waals surface area contributed by atoms with Crippen LogP contribution < -0.4 is 0 Å². The van der Waals surface area contributed by atoms with Gasteiger partial charge in [0.05, 0.1) is 16.3 Å². The van der Waals surface area contributed by atoms with E-state index in [1.807, 2.05) is 0 Å². The quantitative estimate of drug-likeness (QED) is 0.366. The van der Waals surface area contributed by atoms with Crippen molar-refractivity contribution in [3.8, 4) is 0 Å². The molecule has 0 saturated heterocycles. The summed E-state index contributed by atoms with van der Waals surface area (Å²) >= 11 is 16.9. The normalized spacial score (nSPS) is 11.2. The van der Waals surface area contributed by atoms with Crippen molar-refractivity contribution in [3.63, 3.8) is 0 Å². The van der Waals surface area contributed by atoms with Gasteiger partial charge in [-0.3, -0.25) is 0 Å². The number of benzene rings is 1. The van der Waals surface area contributed by atoms with Crippen molar-refractivity contribution in [1.82, 2.24) is 0 Å². The first-order chi connectivity index (χ1) is 7.65. The van der Waals surface area contributed by atoms with Crippen molar-refractivity contribution in [2.45, 2.75) is 0 Å². The van der Waals surface area contributed by atoms with E-state index in [9.17, 15) is 4.79 Å². The van der Waals surface area contributed by atoms with Gasteiger partial charge >= 0.3 is 5.97 Å². The third-order valence-corrected chi connectivity index (χ3v) is 2.31. The minimum atomic E-state index is -0.686. The Morgan fingerprint density at radius 2 is 1.94 bits per heavy atom. The van der Waals surface area contributed by atoms with Gasteiger partial charge in [0.2, 0.25) is 0 Å². The summed E-state index contributed by atoms with van der Waals surface area (Å²) in [5.74, 6) is -0.686. The van der Waals surface area contributed by atoms with E-state index in [-0.39, 0.29) is 0 Å². The number of nitrogens with zero attached hydrogens (tertiary/aromatic N) is 1. The van der Waals surface area contributed by atoms with Crippen LogP contribution in [0.1, 0.15) is 5.56 Å². The van der Waals surface area contributed by atoms with Crippen LogP contribution in [0.2, 0.25) is 10.0 Å². The molecule has 84 valence electrons. The third kappa shape index (κ3) is 3.85. The molecule has 0 unspecified atom stereocenters. The number of hydrogen-bond acceptors (Lipinski definition) is 3. The van der Waals surface area contributed by atoms with E-state index in [4.69, 9.17) is 34.8 Å². The molecule has 1 aromatic rings. The molecule has 0 radical (unpaired) electrons. The summed E-state index contributed by atoms with van der Waals surface area (Å²) in [6.07, 6.45) is 2.28. The molecular formula is C10H6Cl3NO2. The Hall–Kier alpha value is -1.03. The summed E-state index contributed by atoms with van der Waals surface area (Å²) in [5.41, 5.74) is 1.51. The van der Waals surface area contributed by atoms with Gasteiger partial charge in [0.15, 0.2) is 0 Å². The molecule has 1 aromatic carbocycles. The molecule has 0 fully saturated rings. The highest BCUT2D eigenvalue weighted by molar-refractivity contribution is 6.38. The van der Waals surface area contributed by atoms with E-state index in [1.54, 1.807) is 18.2 Å². The molecule has 0 heterocycles. The van der Waals surface area contributed by atoms with Crippen LogP contribution in [0, 0.1) is 0 Å². The van der Waals surface area contributed by atoms with Gasteiger partial charge < -0.3 is 4.84 Å². The minimum absolute atomic E-state index is 0.417. The van der Waals surface area contributed by atoms with Crippen LogP contribution in [0.5, 0.6) is 0 Å². The maximum atomic E-state index is 10.8. The largest absolute Gasteiger partial charge is 0.359 e. The van der Waals surface area contributed by atoms with Gasteiger partial charge in [-0.1, -0.05) is 46.0 Å². The van der Waals surface area contributed by atoms with Crippen LogP contribution in [-0.2, 0) is 9.63 Å². The fourth-order valence-corrected chi connectivity index (χ4v) is 1.44. The van der Waals surface area contributed by atoms with Crippen LogP contribution in [-0.4, -0.2) is 12.2 Å². The smallest absolute Gasteiger partial charge is 0.313 e. The predicted octanol–water partition coefficient (Wildman–Crippen LogP) is 3.62. The monoisotopic (exact) mass is 277 g/mol. The molecule has 0 N–H and O–H groups in total. The number of carbonyl (C=O) groups is 1. The van der Waals surface area contributed by atoms with Crippen LogP contribution >= 0.6 is 34.8 Å². The highest BCUT2D eigenvalue weighted by Crippen LogP contribution is 2.22. The molecule has 0 amide bonds. The van der Waals surface area contributed by atoms with E-state index >= 15 is 0 Å². The average molecular weight is 279 g/mol. The van der Waals surface area contributed by atoms with E-state index < -0.39 is 5.97 Å². The summed E-state index contributed by atoms with van der Waals surface area (Å²) in [5, 5.41) is 4.26. The average Bonchev–Trinajstić information content (AvgIpc) is 2.23. The standard InChI is InChI=1S/C10H6Cl3NO2/c11-5-4-10(15)16-14-6-7-8(12)2-1-3-9(7)13/h1-6H/b5-4-,14-6+. The lowest BCUT2D eigenvalue weighted by Gasteiger charge is -1.99. The van der Waals surface area contributed by atoms with Crippen molar-refractivity contribution in [3.05, 3.63) is 45.4 Å². The molecule has 0 aromatic heterocycles. The molecule has 16 heavy (non-hydrogen) atoms. The molecule has 3 nitrogen and oxygen atoms in total. The third-order valence-electron chi connectivity index (χ3n) is 1.52. The second-order valence-corrected chi connectivity index (χ2v) is 3.64. The maximum Gasteiger partial charge on any atom is 0.359 e. The summed E-state index contributed by atoms with van der Waals surface area (Å²) < 4.78 is 0. The molecule has 6 heteroatoms. The number of rotatable bonds is 3. The van der Waals surface area contributed by atoms with E-state index in [0.29, 0.717) is 15.6 Å². The first-order valence-corrected chi connectivity index (χ1v) is 5.29. The van der Waals surface area contributed by atoms with E-state index in [0.717, 1.165) is 11.6 Å². The molecule has 1 rings (SSSR count). The fourth-order valence-electron chi connectivity index (χ4n) is 0.847. The second kappa shape index (κ2) is 6.53. The summed E-state index contributed by atoms with van der Waals surface area (Å²) in [7, 11) is 0. The van der Waals surface area contributed by atoms with Crippen molar-refractivity contribution >= 4 is 47.0 Å². The molecule has 0 spiro atoms. The molecule has 0 aliphatic rings. The highest BCUT2D eigenvalue weighted by Gasteiger charge is 2.02. The Morgan fingerprint density at radius 1 is 1.31 bits per heavy atom. The van der Waals surface area contributed by atoms with Crippen molar-refractivity contribution in [2.24, 2.45) is 5.16 Å². The number of carbonyl (C=O) groups excluding carboxylic acids is 1. The van der Waals surface area contributed by atoms with Crippen molar-refractivity contribution in [2.75, 3.05) is 0 Å². The van der Waals surface area contributed by atoms with Gasteiger partial charge in [0, 0.05) is 17.2 Å². The van der Waals surface area contributed by atoms with Crippen molar-refractivity contribution in [1.29, 1.82) is 0 Å². The molecule has 0 aliphatic carbocycles. The molecule has 0 aliphatic heterocycles. The Morgan fingerprint density at radius 3 is 2.50 bits per heavy atom. The van der Waals surface area contributed by atoms with E-state index in [1.165, 1.54) is 6.21 Å². The Bertz CT molecular complexity index is 423. The molecule has 0 saturated carbocycles. The minimum Gasteiger partial charge on any atom is -0.313 e. The number of halogens is 3.